The second-order valence-corrected chi connectivity index (χ2v) is 9.95. The van der Waals surface area contributed by atoms with Crippen molar-refractivity contribution in [1.29, 1.82) is 0 Å². The lowest BCUT2D eigenvalue weighted by atomic mass is 9.86. The Bertz CT molecular complexity index is 922. The van der Waals surface area contributed by atoms with E-state index in [0.717, 1.165) is 38.8 Å². The fraction of sp³-hybridized carbons (Fsp3) is 0.600. The molecule has 1 aliphatic carbocycles. The van der Waals surface area contributed by atoms with Crippen LogP contribution >= 0.6 is 11.6 Å². The number of piperidine rings is 1. The first-order chi connectivity index (χ1) is 16.8. The van der Waals surface area contributed by atoms with Crippen molar-refractivity contribution in [2.75, 3.05) is 46.6 Å². The Morgan fingerprint density at radius 3 is 2.83 bits per heavy atom. The Morgan fingerprint density at radius 2 is 2.17 bits per heavy atom. The van der Waals surface area contributed by atoms with E-state index in [1.807, 2.05) is 0 Å². The number of carbonyl (C=O) groups is 1. The molecule has 2 atom stereocenters. The molecule has 10 heteroatoms. The maximum atomic E-state index is 14.4. The van der Waals surface area contributed by atoms with Crippen LogP contribution in [-0.2, 0) is 11.2 Å². The lowest BCUT2D eigenvalue weighted by molar-refractivity contribution is -0.129. The van der Waals surface area contributed by atoms with Crippen molar-refractivity contribution < 1.29 is 19.0 Å². The number of aliphatic imine (C=N–C) groups is 1. The third-order valence-electron chi connectivity index (χ3n) is 7.17. The van der Waals surface area contributed by atoms with Crippen LogP contribution in [0.2, 0.25) is 0 Å². The molecule has 8 nitrogen and oxygen atoms in total. The van der Waals surface area contributed by atoms with Crippen LogP contribution < -0.4 is 16.2 Å². The van der Waals surface area contributed by atoms with Gasteiger partial charge < -0.3 is 26.2 Å². The highest BCUT2D eigenvalue weighted by Crippen LogP contribution is 2.51. The summed E-state index contributed by atoms with van der Waals surface area (Å²) in [5.74, 6) is 0.633. The van der Waals surface area contributed by atoms with Crippen LogP contribution in [0.1, 0.15) is 31.2 Å². The fourth-order valence-corrected chi connectivity index (χ4v) is 4.86. The van der Waals surface area contributed by atoms with Crippen LogP contribution in [0.15, 0.2) is 34.4 Å². The number of likely N-dealkylation sites (tertiary alicyclic amines) is 1. The van der Waals surface area contributed by atoms with E-state index in [0.29, 0.717) is 41.5 Å². The summed E-state index contributed by atoms with van der Waals surface area (Å²) in [6, 6.07) is 4.60. The number of nitrogens with two attached hydrogens (primary N) is 2. The summed E-state index contributed by atoms with van der Waals surface area (Å²) in [7, 11) is 1.58. The number of ether oxygens (including phenoxy) is 1. The molecule has 0 unspecified atom stereocenters. The number of aliphatic hydroxyl groups is 1. The van der Waals surface area contributed by atoms with Gasteiger partial charge in [0, 0.05) is 50.7 Å². The second kappa shape index (κ2) is 12.7. The summed E-state index contributed by atoms with van der Waals surface area (Å²) in [6.45, 7) is 3.09. The predicted molar refractivity (Wildman–Crippen MR) is 136 cm³/mol. The minimum absolute atomic E-state index is 0.0515. The van der Waals surface area contributed by atoms with Gasteiger partial charge in [-0.2, -0.15) is 0 Å². The molecule has 0 bridgehead atoms. The lowest BCUT2D eigenvalue weighted by Crippen LogP contribution is -2.43. The third kappa shape index (κ3) is 7.64. The van der Waals surface area contributed by atoms with Crippen LogP contribution in [0.3, 0.4) is 0 Å². The quantitative estimate of drug-likeness (QED) is 0.371. The molecule has 1 aromatic carbocycles. The van der Waals surface area contributed by atoms with Crippen molar-refractivity contribution >= 4 is 23.7 Å². The zero-order valence-electron chi connectivity index (χ0n) is 20.3. The summed E-state index contributed by atoms with van der Waals surface area (Å²) in [5, 5.41) is 9.36. The fourth-order valence-electron chi connectivity index (χ4n) is 4.79. The first-order valence-electron chi connectivity index (χ1n) is 12.1. The topological polar surface area (TPSA) is 117 Å². The summed E-state index contributed by atoms with van der Waals surface area (Å²) in [4.78, 5) is 20.1. The monoisotopic (exact) mass is 509 g/mol. The summed E-state index contributed by atoms with van der Waals surface area (Å²) >= 11 is 5.83. The van der Waals surface area contributed by atoms with Gasteiger partial charge in [0.1, 0.15) is 11.6 Å². The van der Waals surface area contributed by atoms with E-state index in [2.05, 4.69) is 9.89 Å². The van der Waals surface area contributed by atoms with Gasteiger partial charge in [-0.15, -0.1) is 0 Å². The molecule has 3 rings (SSSR count). The second-order valence-electron chi connectivity index (χ2n) is 9.52. The zero-order chi connectivity index (χ0) is 25.4. The number of amides is 1. The van der Waals surface area contributed by atoms with Crippen molar-refractivity contribution in [2.24, 2.45) is 28.3 Å². The van der Waals surface area contributed by atoms with E-state index in [1.54, 1.807) is 25.4 Å². The standard InChI is InChI=1S/C25H37ClFN5O3/c1-31(9-10-33)24(34)12-18-2-3-22(13-23(18)27)35-11-6-20-14-25(20,29)19-4-7-32(8-5-19)17-30-16-21(26)15-28/h2-3,13,15-16,19-20,33H,4-12,14,17,28-29H2,1H3/b21-15+,30-16-/t20-,25+/m1/s1. The van der Waals surface area contributed by atoms with Gasteiger partial charge in [-0.3, -0.25) is 14.7 Å². The number of allylic oxidation sites excluding steroid dienone is 1. The highest BCUT2D eigenvalue weighted by molar-refractivity contribution is 6.39. The molecule has 194 valence electrons. The number of halogens is 2. The lowest BCUT2D eigenvalue weighted by Gasteiger charge is -2.34. The summed E-state index contributed by atoms with van der Waals surface area (Å²) in [6.07, 6.45) is 6.76. The van der Waals surface area contributed by atoms with Crippen molar-refractivity contribution in [3.05, 3.63) is 40.8 Å². The third-order valence-corrected chi connectivity index (χ3v) is 7.39. The van der Waals surface area contributed by atoms with Gasteiger partial charge in [0.15, 0.2) is 0 Å². The Kier molecular flexibility index (Phi) is 9.91. The van der Waals surface area contributed by atoms with Crippen LogP contribution in [0.5, 0.6) is 5.75 Å². The molecule has 2 fully saturated rings. The van der Waals surface area contributed by atoms with E-state index in [4.69, 9.17) is 32.9 Å². The van der Waals surface area contributed by atoms with Gasteiger partial charge in [0.05, 0.1) is 31.3 Å². The number of aliphatic hydroxyl groups excluding tert-OH is 1. The van der Waals surface area contributed by atoms with Gasteiger partial charge in [-0.1, -0.05) is 17.7 Å². The SMILES string of the molecule is CN(CCO)C(=O)Cc1ccc(OCC[C@@H]2C[C@]2(N)C2CCN(C/N=C\C(Cl)=C/N)CC2)cc1F. The first kappa shape index (κ1) is 27.4. The van der Waals surface area contributed by atoms with E-state index in [1.165, 1.54) is 17.2 Å². The average Bonchev–Trinajstić information content (AvgIpc) is 3.51. The van der Waals surface area contributed by atoms with Gasteiger partial charge in [-0.25, -0.2) is 4.39 Å². The van der Waals surface area contributed by atoms with Crippen LogP contribution in [0, 0.1) is 17.7 Å². The van der Waals surface area contributed by atoms with E-state index < -0.39 is 5.82 Å². The number of hydrogen-bond donors (Lipinski definition) is 3. The van der Waals surface area contributed by atoms with E-state index in [-0.39, 0.29) is 31.0 Å². The van der Waals surface area contributed by atoms with Crippen molar-refractivity contribution in [1.82, 2.24) is 9.80 Å². The number of nitrogens with zero attached hydrogens (tertiary/aromatic N) is 3. The number of benzene rings is 1. The molecule has 1 saturated heterocycles. The summed E-state index contributed by atoms with van der Waals surface area (Å²) in [5.41, 5.74) is 12.2. The maximum absolute atomic E-state index is 14.4. The summed E-state index contributed by atoms with van der Waals surface area (Å²) < 4.78 is 20.2. The number of carbonyl (C=O) groups excluding carboxylic acids is 1. The number of hydrogen-bond acceptors (Lipinski definition) is 7. The van der Waals surface area contributed by atoms with Crippen LogP contribution in [-0.4, -0.2) is 79.1 Å². The van der Waals surface area contributed by atoms with Gasteiger partial charge in [0.25, 0.3) is 0 Å². The van der Waals surface area contributed by atoms with E-state index >= 15 is 0 Å². The first-order valence-corrected chi connectivity index (χ1v) is 12.5. The number of rotatable bonds is 12. The molecule has 1 saturated carbocycles. The molecule has 1 aromatic rings. The highest BCUT2D eigenvalue weighted by atomic mass is 35.5. The molecule has 5 N–H and O–H groups in total. The molecule has 0 spiro atoms. The van der Waals surface area contributed by atoms with E-state index in [9.17, 15) is 9.18 Å². The minimum Gasteiger partial charge on any atom is -0.493 e. The normalized spacial score (nSPS) is 23.6. The molecule has 1 aliphatic heterocycles. The molecule has 0 radical (unpaired) electrons. The van der Waals surface area contributed by atoms with Crippen molar-refractivity contribution in [2.45, 2.75) is 37.6 Å². The molecular weight excluding hydrogens is 473 g/mol. The average molecular weight is 510 g/mol. The Balaban J connectivity index is 1.38. The molecule has 2 aliphatic rings. The molecular formula is C25H37ClFN5O3. The van der Waals surface area contributed by atoms with Crippen LogP contribution in [0.25, 0.3) is 0 Å². The van der Waals surface area contributed by atoms with Gasteiger partial charge in [-0.05, 0) is 49.1 Å². The number of likely N-dealkylation sites (N-methyl/N-ethyl adjacent to an activating group) is 1. The smallest absolute Gasteiger partial charge is 0.226 e. The Morgan fingerprint density at radius 1 is 1.43 bits per heavy atom. The highest BCUT2D eigenvalue weighted by Gasteiger charge is 2.55. The molecule has 35 heavy (non-hydrogen) atoms. The van der Waals surface area contributed by atoms with Gasteiger partial charge >= 0.3 is 0 Å². The molecule has 0 aromatic heterocycles. The van der Waals surface area contributed by atoms with Gasteiger partial charge in [0.2, 0.25) is 5.91 Å². The van der Waals surface area contributed by atoms with Crippen LogP contribution in [0.4, 0.5) is 4.39 Å². The largest absolute Gasteiger partial charge is 0.493 e. The Labute approximate surface area is 211 Å². The molecule has 1 amide bonds. The predicted octanol–water partition coefficient (Wildman–Crippen LogP) is 2.08. The zero-order valence-corrected chi connectivity index (χ0v) is 21.1. The Hall–Kier alpha value is -2.20. The maximum Gasteiger partial charge on any atom is 0.226 e. The minimum atomic E-state index is -0.467. The van der Waals surface area contributed by atoms with Crippen molar-refractivity contribution in [3.63, 3.8) is 0 Å². The molecule has 1 heterocycles. The van der Waals surface area contributed by atoms with Crippen molar-refractivity contribution in [3.8, 4) is 5.75 Å².